The summed E-state index contributed by atoms with van der Waals surface area (Å²) >= 11 is 0. The van der Waals surface area contributed by atoms with Crippen molar-refractivity contribution in [2.45, 2.75) is 51.0 Å². The van der Waals surface area contributed by atoms with Gasteiger partial charge in [0.15, 0.2) is 0 Å². The molecule has 1 fully saturated rings. The fraction of sp³-hybridized carbons (Fsp3) is 0.625. The van der Waals surface area contributed by atoms with Crippen molar-refractivity contribution in [3.8, 4) is 0 Å². The number of aryl methyl sites for hydroxylation is 1. The van der Waals surface area contributed by atoms with Crippen LogP contribution in [0, 0.1) is 18.8 Å². The van der Waals surface area contributed by atoms with Gasteiger partial charge in [0.05, 0.1) is 4.90 Å². The first-order valence-electron chi connectivity index (χ1n) is 7.66. The van der Waals surface area contributed by atoms with E-state index < -0.39 is 10.0 Å². The first kappa shape index (κ1) is 16.3. The Morgan fingerprint density at radius 2 is 1.90 bits per heavy atom. The van der Waals surface area contributed by atoms with Gasteiger partial charge >= 0.3 is 0 Å². The third-order valence-corrected chi connectivity index (χ3v) is 6.25. The fourth-order valence-electron chi connectivity index (χ4n) is 3.03. The minimum atomic E-state index is -3.39. The first-order valence-corrected chi connectivity index (χ1v) is 9.14. The van der Waals surface area contributed by atoms with E-state index in [1.165, 1.54) is 19.9 Å². The van der Waals surface area contributed by atoms with Gasteiger partial charge in [0.2, 0.25) is 10.0 Å². The second-order valence-corrected chi connectivity index (χ2v) is 8.09. The van der Waals surface area contributed by atoms with E-state index in [1.807, 2.05) is 13.0 Å². The average Bonchev–Trinajstić information content (AvgIpc) is 2.46. The van der Waals surface area contributed by atoms with Crippen LogP contribution in [0.3, 0.4) is 0 Å². The van der Waals surface area contributed by atoms with Crippen LogP contribution in [0.5, 0.6) is 0 Å². The van der Waals surface area contributed by atoms with Crippen LogP contribution >= 0.6 is 0 Å². The Labute approximate surface area is 128 Å². The van der Waals surface area contributed by atoms with Crippen molar-refractivity contribution in [2.75, 3.05) is 12.4 Å². The van der Waals surface area contributed by atoms with Crippen molar-refractivity contribution in [3.05, 3.63) is 23.8 Å². The minimum absolute atomic E-state index is 0.314. The number of anilines is 1. The van der Waals surface area contributed by atoms with E-state index in [1.54, 1.807) is 12.1 Å². The van der Waals surface area contributed by atoms with Crippen molar-refractivity contribution < 1.29 is 8.42 Å². The summed E-state index contributed by atoms with van der Waals surface area (Å²) in [4.78, 5) is 0.314. The Balaban J connectivity index is 2.25. The number of hydrogen-bond donors (Lipinski definition) is 2. The molecule has 5 heteroatoms. The zero-order chi connectivity index (χ0) is 15.6. The van der Waals surface area contributed by atoms with Crippen LogP contribution in [0.2, 0.25) is 0 Å². The van der Waals surface area contributed by atoms with Crippen molar-refractivity contribution in [3.63, 3.8) is 0 Å². The van der Waals surface area contributed by atoms with E-state index in [0.29, 0.717) is 22.8 Å². The molecule has 3 unspecified atom stereocenters. The average molecular weight is 310 g/mol. The van der Waals surface area contributed by atoms with Crippen LogP contribution in [0.4, 0.5) is 5.69 Å². The summed E-state index contributed by atoms with van der Waals surface area (Å²) in [6.45, 7) is 6.59. The molecule has 118 valence electrons. The maximum absolute atomic E-state index is 11.9. The summed E-state index contributed by atoms with van der Waals surface area (Å²) in [6.07, 6.45) is 3.66. The summed E-state index contributed by atoms with van der Waals surface area (Å²) in [6, 6.07) is 5.68. The highest BCUT2D eigenvalue weighted by molar-refractivity contribution is 7.89. The Hall–Kier alpha value is -1.07. The highest BCUT2D eigenvalue weighted by Gasteiger charge is 2.27. The molecule has 0 radical (unpaired) electrons. The van der Waals surface area contributed by atoms with Crippen LogP contribution < -0.4 is 10.0 Å². The van der Waals surface area contributed by atoms with E-state index in [-0.39, 0.29) is 0 Å². The molecule has 1 saturated carbocycles. The van der Waals surface area contributed by atoms with Gasteiger partial charge in [0.25, 0.3) is 0 Å². The van der Waals surface area contributed by atoms with Gasteiger partial charge in [-0.1, -0.05) is 32.8 Å². The molecule has 21 heavy (non-hydrogen) atoms. The molecule has 0 amide bonds. The summed E-state index contributed by atoms with van der Waals surface area (Å²) in [5.74, 6) is 1.31. The monoisotopic (exact) mass is 310 g/mol. The lowest BCUT2D eigenvalue weighted by Gasteiger charge is -2.35. The maximum atomic E-state index is 11.9. The van der Waals surface area contributed by atoms with Gasteiger partial charge in [-0.2, -0.15) is 0 Å². The maximum Gasteiger partial charge on any atom is 0.240 e. The SMILES string of the molecule is CNS(=O)(=O)c1ccc(C)c(NC2CCCC(C)C2C)c1. The highest BCUT2D eigenvalue weighted by atomic mass is 32.2. The molecule has 0 aromatic heterocycles. The van der Waals surface area contributed by atoms with Gasteiger partial charge in [-0.05, 0) is 49.9 Å². The molecule has 1 aromatic rings. The molecular weight excluding hydrogens is 284 g/mol. The van der Waals surface area contributed by atoms with E-state index >= 15 is 0 Å². The van der Waals surface area contributed by atoms with Crippen LogP contribution in [0.25, 0.3) is 0 Å². The lowest BCUT2D eigenvalue weighted by atomic mass is 9.78. The van der Waals surface area contributed by atoms with Crippen LogP contribution in [0.1, 0.15) is 38.7 Å². The standard InChI is InChI=1S/C16H26N2O2S/c1-11-6-5-7-15(13(11)3)18-16-10-14(9-8-12(16)2)21(19,20)17-4/h8-11,13,15,17-18H,5-7H2,1-4H3. The summed E-state index contributed by atoms with van der Waals surface area (Å²) in [7, 11) is -1.95. The van der Waals surface area contributed by atoms with Crippen LogP contribution in [-0.4, -0.2) is 21.5 Å². The second kappa shape index (κ2) is 6.36. The summed E-state index contributed by atoms with van der Waals surface area (Å²) in [5.41, 5.74) is 2.01. The van der Waals surface area contributed by atoms with Crippen molar-refractivity contribution in [1.82, 2.24) is 4.72 Å². The lowest BCUT2D eigenvalue weighted by molar-refractivity contribution is 0.253. The molecule has 1 aliphatic rings. The highest BCUT2D eigenvalue weighted by Crippen LogP contribution is 2.32. The number of nitrogens with one attached hydrogen (secondary N) is 2. The molecular formula is C16H26N2O2S. The number of hydrogen-bond acceptors (Lipinski definition) is 3. The molecule has 0 heterocycles. The van der Waals surface area contributed by atoms with Crippen LogP contribution in [-0.2, 0) is 10.0 Å². The molecule has 4 nitrogen and oxygen atoms in total. The van der Waals surface area contributed by atoms with Gasteiger partial charge in [-0.15, -0.1) is 0 Å². The predicted molar refractivity (Wildman–Crippen MR) is 87.0 cm³/mol. The number of rotatable bonds is 4. The van der Waals surface area contributed by atoms with Gasteiger partial charge in [0.1, 0.15) is 0 Å². The lowest BCUT2D eigenvalue weighted by Crippen LogP contribution is -2.35. The Morgan fingerprint density at radius 3 is 2.57 bits per heavy atom. The van der Waals surface area contributed by atoms with Gasteiger partial charge in [0, 0.05) is 11.7 Å². The Morgan fingerprint density at radius 1 is 1.19 bits per heavy atom. The number of benzene rings is 1. The third-order valence-electron chi connectivity index (χ3n) is 4.84. The van der Waals surface area contributed by atoms with Gasteiger partial charge < -0.3 is 5.32 Å². The molecule has 0 aliphatic heterocycles. The molecule has 1 aliphatic carbocycles. The summed E-state index contributed by atoms with van der Waals surface area (Å²) < 4.78 is 26.2. The molecule has 0 bridgehead atoms. The molecule has 2 N–H and O–H groups in total. The second-order valence-electron chi connectivity index (χ2n) is 6.20. The Kier molecular flexibility index (Phi) is 4.94. The van der Waals surface area contributed by atoms with Crippen molar-refractivity contribution >= 4 is 15.7 Å². The molecule has 0 saturated heterocycles. The number of sulfonamides is 1. The predicted octanol–water partition coefficient (Wildman–Crippen LogP) is 3.14. The van der Waals surface area contributed by atoms with Gasteiger partial charge in [-0.25, -0.2) is 13.1 Å². The molecule has 3 atom stereocenters. The smallest absolute Gasteiger partial charge is 0.240 e. The van der Waals surface area contributed by atoms with Gasteiger partial charge in [-0.3, -0.25) is 0 Å². The van der Waals surface area contributed by atoms with E-state index in [0.717, 1.165) is 17.7 Å². The third kappa shape index (κ3) is 3.58. The van der Waals surface area contributed by atoms with Crippen molar-refractivity contribution in [1.29, 1.82) is 0 Å². The van der Waals surface area contributed by atoms with E-state index in [4.69, 9.17) is 0 Å². The van der Waals surface area contributed by atoms with Crippen molar-refractivity contribution in [2.24, 2.45) is 11.8 Å². The summed E-state index contributed by atoms with van der Waals surface area (Å²) in [5, 5.41) is 3.57. The first-order chi connectivity index (χ1) is 9.85. The normalized spacial score (nSPS) is 26.6. The molecule has 0 spiro atoms. The van der Waals surface area contributed by atoms with Crippen LogP contribution in [0.15, 0.2) is 23.1 Å². The largest absolute Gasteiger partial charge is 0.382 e. The fourth-order valence-corrected chi connectivity index (χ4v) is 3.78. The minimum Gasteiger partial charge on any atom is -0.382 e. The quantitative estimate of drug-likeness (QED) is 0.898. The van der Waals surface area contributed by atoms with E-state index in [9.17, 15) is 8.42 Å². The van der Waals surface area contributed by atoms with E-state index in [2.05, 4.69) is 23.9 Å². The molecule has 2 rings (SSSR count). The Bertz CT molecular complexity index is 598. The molecule has 1 aromatic carbocycles. The zero-order valence-corrected chi connectivity index (χ0v) is 14.1. The topological polar surface area (TPSA) is 58.2 Å². The zero-order valence-electron chi connectivity index (χ0n) is 13.3.